The van der Waals surface area contributed by atoms with E-state index in [1.807, 2.05) is 0 Å². The van der Waals surface area contributed by atoms with E-state index in [-0.39, 0.29) is 23.9 Å². The van der Waals surface area contributed by atoms with Gasteiger partial charge in [-0.15, -0.1) is 11.6 Å². The minimum atomic E-state index is -0.0555. The molecule has 5 fully saturated rings. The van der Waals surface area contributed by atoms with Crippen molar-refractivity contribution in [3.8, 4) is 0 Å². The first kappa shape index (κ1) is 25.7. The molecule has 5 rings (SSSR count). The topological polar surface area (TPSA) is 80.0 Å². The first-order valence-corrected chi connectivity index (χ1v) is 14.7. The molecule has 9 heteroatoms. The molecule has 2 amide bonds. The molecule has 0 aromatic carbocycles. The third-order valence-electron chi connectivity index (χ3n) is 9.12. The summed E-state index contributed by atoms with van der Waals surface area (Å²) in [6, 6.07) is 0.544. The average Bonchev–Trinajstić information content (AvgIpc) is 3.33. The first-order chi connectivity index (χ1) is 17.1. The van der Waals surface area contributed by atoms with Gasteiger partial charge >= 0.3 is 0 Å². The highest BCUT2D eigenvalue weighted by Gasteiger charge is 2.43. The number of amides is 2. The molecule has 3 N–H and O–H groups in total. The van der Waals surface area contributed by atoms with Gasteiger partial charge in [-0.25, -0.2) is 0 Å². The summed E-state index contributed by atoms with van der Waals surface area (Å²) in [5, 5.41) is 10.8. The van der Waals surface area contributed by atoms with Crippen molar-refractivity contribution in [2.45, 2.75) is 93.9 Å². The van der Waals surface area contributed by atoms with E-state index in [2.05, 4.69) is 30.7 Å². The quantitative estimate of drug-likeness (QED) is 0.450. The lowest BCUT2D eigenvalue weighted by molar-refractivity contribution is -0.134. The van der Waals surface area contributed by atoms with Gasteiger partial charge in [0.05, 0.1) is 12.2 Å². The summed E-state index contributed by atoms with van der Waals surface area (Å²) < 4.78 is 0. The summed E-state index contributed by atoms with van der Waals surface area (Å²) in [4.78, 5) is 32.5. The maximum atomic E-state index is 13.0. The number of halogens is 1. The molecule has 1 aliphatic carbocycles. The van der Waals surface area contributed by atoms with Gasteiger partial charge in [0, 0.05) is 63.2 Å². The predicted octanol–water partition coefficient (Wildman–Crippen LogP) is 1.34. The van der Waals surface area contributed by atoms with Crippen LogP contribution in [0.3, 0.4) is 0 Å². The Kier molecular flexibility index (Phi) is 8.87. The van der Waals surface area contributed by atoms with Crippen LogP contribution in [-0.4, -0.2) is 109 Å². The highest BCUT2D eigenvalue weighted by molar-refractivity contribution is 6.20. The zero-order valence-electron chi connectivity index (χ0n) is 21.2. The van der Waals surface area contributed by atoms with E-state index in [0.717, 1.165) is 71.5 Å². The third kappa shape index (κ3) is 6.50. The van der Waals surface area contributed by atoms with E-state index in [1.54, 1.807) is 0 Å². The van der Waals surface area contributed by atoms with Gasteiger partial charge in [0.25, 0.3) is 0 Å². The van der Waals surface area contributed by atoms with Crippen LogP contribution >= 0.6 is 11.6 Å². The van der Waals surface area contributed by atoms with Gasteiger partial charge in [-0.05, 0) is 70.4 Å². The molecule has 0 aromatic rings. The molecular weight excluding hydrogens is 464 g/mol. The summed E-state index contributed by atoms with van der Waals surface area (Å²) in [7, 11) is 0. The normalized spacial score (nSPS) is 37.2. The molecular formula is C26H45ClN6O2. The van der Waals surface area contributed by atoms with Gasteiger partial charge < -0.3 is 20.9 Å². The molecule has 0 aromatic heterocycles. The monoisotopic (exact) mass is 508 g/mol. The second kappa shape index (κ2) is 12.1. The van der Waals surface area contributed by atoms with Crippen molar-refractivity contribution in [1.29, 1.82) is 0 Å². The zero-order valence-corrected chi connectivity index (χ0v) is 22.0. The lowest BCUT2D eigenvalue weighted by Crippen LogP contribution is -2.58. The van der Waals surface area contributed by atoms with Crippen molar-refractivity contribution in [3.05, 3.63) is 0 Å². The number of hydrogen-bond donors (Lipinski definition) is 3. The second-order valence-electron chi connectivity index (χ2n) is 11.5. The molecule has 8 nitrogen and oxygen atoms in total. The van der Waals surface area contributed by atoms with Crippen LogP contribution in [0.2, 0.25) is 0 Å². The summed E-state index contributed by atoms with van der Waals surface area (Å²) in [5.41, 5.74) is 0. The van der Waals surface area contributed by atoms with Gasteiger partial charge in [0.1, 0.15) is 0 Å². The molecule has 1 saturated carbocycles. The van der Waals surface area contributed by atoms with Crippen molar-refractivity contribution in [2.24, 2.45) is 5.92 Å². The van der Waals surface area contributed by atoms with E-state index >= 15 is 0 Å². The molecule has 0 bridgehead atoms. The van der Waals surface area contributed by atoms with Crippen molar-refractivity contribution < 1.29 is 9.59 Å². The molecule has 3 unspecified atom stereocenters. The Morgan fingerprint density at radius 3 is 2.69 bits per heavy atom. The molecule has 5 aliphatic rings. The van der Waals surface area contributed by atoms with Crippen LogP contribution in [0.15, 0.2) is 0 Å². The highest BCUT2D eigenvalue weighted by atomic mass is 35.5. The fraction of sp³-hybridized carbons (Fsp3) is 0.923. The van der Waals surface area contributed by atoms with Gasteiger partial charge in [-0.3, -0.25) is 19.4 Å². The largest absolute Gasteiger partial charge is 0.353 e. The Bertz CT molecular complexity index is 727. The third-order valence-corrected chi connectivity index (χ3v) is 9.52. The van der Waals surface area contributed by atoms with Crippen LogP contribution in [0, 0.1) is 5.92 Å². The molecule has 35 heavy (non-hydrogen) atoms. The number of fused-ring (bicyclic) bond motifs is 1. The lowest BCUT2D eigenvalue weighted by Gasteiger charge is -2.41. The number of piperidine rings is 1. The van der Waals surface area contributed by atoms with Crippen molar-refractivity contribution in [3.63, 3.8) is 0 Å². The van der Waals surface area contributed by atoms with E-state index < -0.39 is 0 Å². The predicted molar refractivity (Wildman–Crippen MR) is 138 cm³/mol. The average molecular weight is 509 g/mol. The maximum Gasteiger partial charge on any atom is 0.237 e. The Morgan fingerprint density at radius 1 is 1.06 bits per heavy atom. The van der Waals surface area contributed by atoms with Crippen LogP contribution in [-0.2, 0) is 9.59 Å². The van der Waals surface area contributed by atoms with Gasteiger partial charge in [-0.1, -0.05) is 6.42 Å². The standard InChI is InChI=1S/C26H45ClN6O2/c27-20-5-3-4-19(14-20)16-29-21-15-23-26(35)30-17-22(33(23)18-21)7-8-25(34)32-12-10-31(11-13-32)24-6-1-2-9-28-24/h19-24,28-29H,1-18H2,(H,30,35)/t19?,20?,21-,22-,23+,24?/m0/s1. The summed E-state index contributed by atoms with van der Waals surface area (Å²) in [6.07, 6.45) is 11.3. The minimum absolute atomic E-state index is 0.0555. The van der Waals surface area contributed by atoms with Crippen LogP contribution in [0.4, 0.5) is 0 Å². The Hall–Kier alpha value is -0.930. The van der Waals surface area contributed by atoms with Crippen LogP contribution in [0.5, 0.6) is 0 Å². The van der Waals surface area contributed by atoms with E-state index in [4.69, 9.17) is 11.6 Å². The first-order valence-electron chi connectivity index (χ1n) is 14.2. The zero-order chi connectivity index (χ0) is 24.2. The van der Waals surface area contributed by atoms with Crippen molar-refractivity contribution >= 4 is 23.4 Å². The van der Waals surface area contributed by atoms with Gasteiger partial charge in [-0.2, -0.15) is 0 Å². The minimum Gasteiger partial charge on any atom is -0.353 e. The number of hydrogen-bond acceptors (Lipinski definition) is 6. The van der Waals surface area contributed by atoms with E-state index in [0.29, 0.717) is 36.5 Å². The number of carbonyl (C=O) groups is 2. The maximum absolute atomic E-state index is 13.0. The summed E-state index contributed by atoms with van der Waals surface area (Å²) in [5.74, 6) is 1.08. The SMILES string of the molecule is O=C1NC[C@H](CCC(=O)N2CCN(C3CCCCN3)CC2)N2C[C@@H](NCC3CCCC(Cl)C3)C[C@H]12. The molecule has 4 aliphatic heterocycles. The number of alkyl halides is 1. The fourth-order valence-corrected chi connectivity index (χ4v) is 7.42. The number of carbonyl (C=O) groups excluding carboxylic acids is 2. The van der Waals surface area contributed by atoms with Crippen LogP contribution in [0.1, 0.15) is 64.2 Å². The second-order valence-corrected chi connectivity index (χ2v) is 12.1. The molecule has 4 heterocycles. The Morgan fingerprint density at radius 2 is 1.91 bits per heavy atom. The van der Waals surface area contributed by atoms with Crippen molar-refractivity contribution in [2.75, 3.05) is 52.4 Å². The Labute approximate surface area is 215 Å². The van der Waals surface area contributed by atoms with E-state index in [9.17, 15) is 9.59 Å². The highest BCUT2D eigenvalue weighted by Crippen LogP contribution is 2.29. The number of nitrogens with one attached hydrogen (secondary N) is 3. The smallest absolute Gasteiger partial charge is 0.237 e. The van der Waals surface area contributed by atoms with Gasteiger partial charge in [0.15, 0.2) is 0 Å². The summed E-state index contributed by atoms with van der Waals surface area (Å²) >= 11 is 6.38. The molecule has 4 saturated heterocycles. The molecule has 198 valence electrons. The van der Waals surface area contributed by atoms with E-state index in [1.165, 1.54) is 32.1 Å². The molecule has 0 spiro atoms. The fourth-order valence-electron chi connectivity index (χ4n) is 7.01. The molecule has 0 radical (unpaired) electrons. The number of rotatable bonds is 7. The Balaban J connectivity index is 1.06. The lowest BCUT2D eigenvalue weighted by atomic mass is 9.88. The van der Waals surface area contributed by atoms with Crippen molar-refractivity contribution in [1.82, 2.24) is 30.7 Å². The van der Waals surface area contributed by atoms with Crippen LogP contribution in [0.25, 0.3) is 0 Å². The summed E-state index contributed by atoms with van der Waals surface area (Å²) in [6.45, 7) is 7.29. The number of nitrogens with zero attached hydrogens (tertiary/aromatic N) is 3. The number of piperazine rings is 2. The van der Waals surface area contributed by atoms with Gasteiger partial charge in [0.2, 0.25) is 11.8 Å². The van der Waals surface area contributed by atoms with Crippen LogP contribution < -0.4 is 16.0 Å². The molecule has 6 atom stereocenters.